The zero-order valence-corrected chi connectivity index (χ0v) is 14.6. The molecule has 1 N–H and O–H groups in total. The fraction of sp³-hybridized carbons (Fsp3) is 0.167. The molecule has 0 atom stereocenters. The second kappa shape index (κ2) is 7.99. The molecule has 1 amide bonds. The minimum atomic E-state index is -0.743. The van der Waals surface area contributed by atoms with Crippen molar-refractivity contribution in [2.45, 2.75) is 6.61 Å². The number of hydrogen-bond acceptors (Lipinski definition) is 6. The topological polar surface area (TPSA) is 90.7 Å². The number of nitrogens with one attached hydrogen (secondary N) is 1. The zero-order chi connectivity index (χ0) is 18.5. The van der Waals surface area contributed by atoms with E-state index in [0.29, 0.717) is 22.0 Å². The van der Waals surface area contributed by atoms with Crippen LogP contribution >= 0.6 is 11.6 Å². The Hall–Kier alpha value is -2.90. The van der Waals surface area contributed by atoms with Gasteiger partial charge in [0.05, 0.1) is 11.6 Å². The number of aromatic nitrogens is 1. The smallest absolute Gasteiger partial charge is 0.375 e. The molecule has 0 aliphatic heterocycles. The van der Waals surface area contributed by atoms with E-state index in [9.17, 15) is 9.59 Å². The van der Waals surface area contributed by atoms with Gasteiger partial charge in [0.1, 0.15) is 11.4 Å². The van der Waals surface area contributed by atoms with Gasteiger partial charge in [-0.2, -0.15) is 0 Å². The van der Waals surface area contributed by atoms with Gasteiger partial charge < -0.3 is 19.2 Å². The van der Waals surface area contributed by atoms with E-state index in [4.69, 9.17) is 25.5 Å². The number of carbonyl (C=O) groups excluding carboxylic acids is 2. The molecule has 3 aromatic rings. The number of carbonyl (C=O) groups is 2. The number of fused-ring (bicyclic) bond motifs is 1. The number of benzene rings is 1. The average Bonchev–Trinajstić information content (AvgIpc) is 3.01. The number of methoxy groups -OCH3 is 1. The van der Waals surface area contributed by atoms with Crippen LogP contribution in [0.4, 0.5) is 5.82 Å². The van der Waals surface area contributed by atoms with Gasteiger partial charge in [-0.25, -0.2) is 9.78 Å². The summed E-state index contributed by atoms with van der Waals surface area (Å²) in [5.41, 5.74) is 1.12. The van der Waals surface area contributed by atoms with Crippen LogP contribution in [0.3, 0.4) is 0 Å². The van der Waals surface area contributed by atoms with Gasteiger partial charge in [-0.3, -0.25) is 4.79 Å². The maximum absolute atomic E-state index is 12.3. The SMILES string of the molecule is COCc1c(C(=O)OCC(=O)Nc2ccc(Cl)cn2)oc2ccccc12. The van der Waals surface area contributed by atoms with Crippen LogP contribution in [-0.2, 0) is 20.9 Å². The predicted molar refractivity (Wildman–Crippen MR) is 95.1 cm³/mol. The molecular weight excluding hydrogens is 360 g/mol. The summed E-state index contributed by atoms with van der Waals surface area (Å²) in [6.45, 7) is -0.297. The van der Waals surface area contributed by atoms with E-state index in [1.807, 2.05) is 12.1 Å². The van der Waals surface area contributed by atoms with E-state index in [1.165, 1.54) is 19.4 Å². The van der Waals surface area contributed by atoms with Gasteiger partial charge in [0.25, 0.3) is 5.91 Å². The third-order valence-corrected chi connectivity index (χ3v) is 3.73. The number of pyridine rings is 1. The van der Waals surface area contributed by atoms with Gasteiger partial charge in [-0.1, -0.05) is 29.8 Å². The number of ether oxygens (including phenoxy) is 2. The highest BCUT2D eigenvalue weighted by molar-refractivity contribution is 6.30. The first-order valence-electron chi connectivity index (χ1n) is 7.66. The number of furan rings is 1. The molecule has 8 heteroatoms. The molecule has 0 radical (unpaired) electrons. The van der Waals surface area contributed by atoms with Crippen LogP contribution < -0.4 is 5.32 Å². The molecule has 1 aromatic carbocycles. The highest BCUT2D eigenvalue weighted by Crippen LogP contribution is 2.27. The molecule has 0 aliphatic carbocycles. The molecular formula is C18H15ClN2O5. The average molecular weight is 375 g/mol. The molecule has 2 heterocycles. The van der Waals surface area contributed by atoms with E-state index in [1.54, 1.807) is 18.2 Å². The number of para-hydroxylation sites is 1. The number of halogens is 1. The first-order valence-corrected chi connectivity index (χ1v) is 8.04. The van der Waals surface area contributed by atoms with Gasteiger partial charge >= 0.3 is 5.97 Å². The summed E-state index contributed by atoms with van der Waals surface area (Å²) in [6.07, 6.45) is 1.40. The Kier molecular flexibility index (Phi) is 5.50. The van der Waals surface area contributed by atoms with Crippen molar-refractivity contribution in [2.75, 3.05) is 19.0 Å². The molecule has 0 fully saturated rings. The Morgan fingerprint density at radius 2 is 2.04 bits per heavy atom. The molecule has 0 unspecified atom stereocenters. The predicted octanol–water partition coefficient (Wildman–Crippen LogP) is 3.42. The summed E-state index contributed by atoms with van der Waals surface area (Å²) in [5, 5.41) is 3.71. The molecule has 3 rings (SSSR count). The van der Waals surface area contributed by atoms with Crippen LogP contribution in [0.5, 0.6) is 0 Å². The molecule has 0 saturated heterocycles. The highest BCUT2D eigenvalue weighted by atomic mass is 35.5. The van der Waals surface area contributed by atoms with Gasteiger partial charge in [0, 0.05) is 24.3 Å². The van der Waals surface area contributed by atoms with Crippen molar-refractivity contribution in [1.82, 2.24) is 4.98 Å². The Labute approximate surface area is 153 Å². The van der Waals surface area contributed by atoms with Gasteiger partial charge in [-0.15, -0.1) is 0 Å². The number of hydrogen-bond donors (Lipinski definition) is 1. The third-order valence-electron chi connectivity index (χ3n) is 3.50. The molecule has 0 bridgehead atoms. The number of amides is 1. The Bertz CT molecular complexity index is 936. The van der Waals surface area contributed by atoms with Crippen molar-refractivity contribution in [3.8, 4) is 0 Å². The van der Waals surface area contributed by atoms with Gasteiger partial charge in [0.15, 0.2) is 6.61 Å². The Morgan fingerprint density at radius 3 is 2.77 bits per heavy atom. The van der Waals surface area contributed by atoms with Crippen molar-refractivity contribution < 1.29 is 23.5 Å². The lowest BCUT2D eigenvalue weighted by molar-refractivity contribution is -0.119. The monoisotopic (exact) mass is 374 g/mol. The summed E-state index contributed by atoms with van der Waals surface area (Å²) in [7, 11) is 1.52. The molecule has 7 nitrogen and oxygen atoms in total. The van der Waals surface area contributed by atoms with E-state index in [-0.39, 0.29) is 12.4 Å². The minimum Gasteiger partial charge on any atom is -0.450 e. The largest absolute Gasteiger partial charge is 0.450 e. The van der Waals surface area contributed by atoms with Crippen molar-refractivity contribution in [3.63, 3.8) is 0 Å². The van der Waals surface area contributed by atoms with Crippen LogP contribution in [0.25, 0.3) is 11.0 Å². The summed E-state index contributed by atoms with van der Waals surface area (Å²) in [6, 6.07) is 10.3. The second-order valence-corrected chi connectivity index (χ2v) is 5.76. The van der Waals surface area contributed by atoms with Crippen LogP contribution in [0.15, 0.2) is 47.0 Å². The van der Waals surface area contributed by atoms with E-state index >= 15 is 0 Å². The lowest BCUT2D eigenvalue weighted by Crippen LogP contribution is -2.21. The molecule has 2 aromatic heterocycles. The van der Waals surface area contributed by atoms with E-state index < -0.39 is 18.5 Å². The standard InChI is InChI=1S/C18H15ClN2O5/c1-24-9-13-12-4-2-3-5-14(12)26-17(13)18(23)25-10-16(22)21-15-7-6-11(19)8-20-15/h2-8H,9-10H2,1H3,(H,20,21,22). The van der Waals surface area contributed by atoms with Crippen molar-refractivity contribution in [3.05, 3.63) is 58.9 Å². The lowest BCUT2D eigenvalue weighted by Gasteiger charge is -2.06. The zero-order valence-electron chi connectivity index (χ0n) is 13.8. The van der Waals surface area contributed by atoms with Crippen LogP contribution in [-0.4, -0.2) is 30.6 Å². The normalized spacial score (nSPS) is 10.7. The lowest BCUT2D eigenvalue weighted by atomic mass is 10.1. The Morgan fingerprint density at radius 1 is 1.23 bits per heavy atom. The molecule has 0 aliphatic rings. The Balaban J connectivity index is 1.68. The number of anilines is 1. The molecule has 0 spiro atoms. The minimum absolute atomic E-state index is 0.0190. The fourth-order valence-corrected chi connectivity index (χ4v) is 2.49. The first kappa shape index (κ1) is 17.9. The highest BCUT2D eigenvalue weighted by Gasteiger charge is 2.22. The number of rotatable bonds is 6. The summed E-state index contributed by atoms with van der Waals surface area (Å²) >= 11 is 5.73. The quantitative estimate of drug-likeness (QED) is 0.665. The van der Waals surface area contributed by atoms with Gasteiger partial charge in [0.2, 0.25) is 5.76 Å². The number of nitrogens with zero attached hydrogens (tertiary/aromatic N) is 1. The van der Waals surface area contributed by atoms with E-state index in [2.05, 4.69) is 10.3 Å². The molecule has 0 saturated carbocycles. The molecule has 134 valence electrons. The van der Waals surface area contributed by atoms with Crippen molar-refractivity contribution >= 4 is 40.3 Å². The van der Waals surface area contributed by atoms with Crippen LogP contribution in [0, 0.1) is 0 Å². The van der Waals surface area contributed by atoms with Crippen LogP contribution in [0.2, 0.25) is 5.02 Å². The summed E-state index contributed by atoms with van der Waals surface area (Å²) in [4.78, 5) is 28.2. The van der Waals surface area contributed by atoms with E-state index in [0.717, 1.165) is 5.39 Å². The summed E-state index contributed by atoms with van der Waals surface area (Å²) < 4.78 is 15.7. The maximum atomic E-state index is 12.3. The maximum Gasteiger partial charge on any atom is 0.375 e. The molecule has 26 heavy (non-hydrogen) atoms. The van der Waals surface area contributed by atoms with Gasteiger partial charge in [-0.05, 0) is 18.2 Å². The summed E-state index contributed by atoms with van der Waals surface area (Å²) in [5.74, 6) is -0.949. The van der Waals surface area contributed by atoms with Crippen LogP contribution in [0.1, 0.15) is 16.1 Å². The fourth-order valence-electron chi connectivity index (χ4n) is 2.38. The first-order chi connectivity index (χ1) is 12.6. The third kappa shape index (κ3) is 4.01. The second-order valence-electron chi connectivity index (χ2n) is 5.32. The van der Waals surface area contributed by atoms with Crippen molar-refractivity contribution in [1.29, 1.82) is 0 Å². The van der Waals surface area contributed by atoms with Crippen molar-refractivity contribution in [2.24, 2.45) is 0 Å². The number of esters is 1.